The van der Waals surface area contributed by atoms with Crippen LogP contribution in [0.2, 0.25) is 0 Å². The highest BCUT2D eigenvalue weighted by Crippen LogP contribution is 2.13. The topological polar surface area (TPSA) is 113 Å². The van der Waals surface area contributed by atoms with Gasteiger partial charge in [0.15, 0.2) is 5.96 Å². The first kappa shape index (κ1) is 28.9. The average Bonchev–Trinajstić information content (AvgIpc) is 2.66. The Hall–Kier alpha value is -2.08. The first-order valence-electron chi connectivity index (χ1n) is 10.1. The Kier molecular flexibility index (Phi) is 14.6. The molecule has 31 heavy (non-hydrogen) atoms. The second kappa shape index (κ2) is 15.7. The zero-order chi connectivity index (χ0) is 22.4. The van der Waals surface area contributed by atoms with Crippen LogP contribution in [0.1, 0.15) is 33.3 Å². The third-order valence-electron chi connectivity index (χ3n) is 3.66. The molecule has 1 aromatic rings. The fraction of sp³-hybridized carbons (Fsp3) is 0.571. The number of guanidine groups is 1. The number of halogens is 1. The van der Waals surface area contributed by atoms with E-state index in [0.717, 1.165) is 12.0 Å². The fourth-order valence-electron chi connectivity index (χ4n) is 2.34. The third-order valence-corrected chi connectivity index (χ3v) is 3.66. The Morgan fingerprint density at radius 1 is 1.03 bits per heavy atom. The lowest BCUT2D eigenvalue weighted by molar-refractivity contribution is -0.119. The monoisotopic (exact) mass is 549 g/mol. The van der Waals surface area contributed by atoms with Crippen molar-refractivity contribution in [2.45, 2.75) is 39.7 Å². The molecule has 10 heteroatoms. The highest BCUT2D eigenvalue weighted by atomic mass is 127. The van der Waals surface area contributed by atoms with Crippen molar-refractivity contribution < 1.29 is 19.1 Å². The zero-order valence-electron chi connectivity index (χ0n) is 19.0. The van der Waals surface area contributed by atoms with Crippen molar-refractivity contribution in [2.24, 2.45) is 4.99 Å². The molecule has 1 aromatic carbocycles. The van der Waals surface area contributed by atoms with Gasteiger partial charge in [0.1, 0.15) is 12.1 Å². The number of anilines is 1. The van der Waals surface area contributed by atoms with E-state index in [9.17, 15) is 9.59 Å². The summed E-state index contributed by atoms with van der Waals surface area (Å²) in [5, 5.41) is 11.8. The first-order valence-corrected chi connectivity index (χ1v) is 10.1. The molecule has 0 spiro atoms. The summed E-state index contributed by atoms with van der Waals surface area (Å²) < 4.78 is 10.1. The molecule has 0 atom stereocenters. The standard InChI is InChI=1S/C21H35N5O4.HI/c1-6-22-19(25-15-18(27)23-13-14-29-5)24-12-11-16-7-9-17(10-8-16)26-20(28)30-21(2,3)4;/h7-10H,6,11-15H2,1-5H3,(H,23,27)(H,26,28)(H2,22,24,25);1H. The highest BCUT2D eigenvalue weighted by Gasteiger charge is 2.16. The van der Waals surface area contributed by atoms with Gasteiger partial charge in [0.05, 0.1) is 6.61 Å². The summed E-state index contributed by atoms with van der Waals surface area (Å²) in [6.07, 6.45) is 0.284. The zero-order valence-corrected chi connectivity index (χ0v) is 21.4. The minimum atomic E-state index is -0.536. The van der Waals surface area contributed by atoms with Crippen LogP contribution in [0.25, 0.3) is 0 Å². The lowest BCUT2D eigenvalue weighted by Crippen LogP contribution is -2.39. The molecule has 1 rings (SSSR count). The van der Waals surface area contributed by atoms with Crippen molar-refractivity contribution in [3.8, 4) is 0 Å². The Labute approximate surface area is 202 Å². The molecule has 0 bridgehead atoms. The molecule has 4 N–H and O–H groups in total. The smallest absolute Gasteiger partial charge is 0.412 e. The molecule has 0 heterocycles. The SMILES string of the molecule is CCNC(=NCC(=O)NCCOC)NCCc1ccc(NC(=O)OC(C)(C)C)cc1.I. The maximum atomic E-state index is 11.8. The second-order valence-corrected chi connectivity index (χ2v) is 7.54. The number of carbonyl (C=O) groups excluding carboxylic acids is 2. The van der Waals surface area contributed by atoms with Crippen LogP contribution in [0.4, 0.5) is 10.5 Å². The molecule has 2 amide bonds. The molecule has 0 radical (unpaired) electrons. The van der Waals surface area contributed by atoms with E-state index < -0.39 is 11.7 Å². The van der Waals surface area contributed by atoms with Crippen LogP contribution < -0.4 is 21.3 Å². The average molecular weight is 549 g/mol. The van der Waals surface area contributed by atoms with Crippen molar-refractivity contribution in [1.82, 2.24) is 16.0 Å². The minimum absolute atomic E-state index is 0. The Morgan fingerprint density at radius 2 is 1.71 bits per heavy atom. The van der Waals surface area contributed by atoms with Crippen molar-refractivity contribution >= 4 is 47.6 Å². The van der Waals surface area contributed by atoms with Crippen molar-refractivity contribution in [1.29, 1.82) is 0 Å². The van der Waals surface area contributed by atoms with E-state index in [0.29, 0.717) is 37.9 Å². The van der Waals surface area contributed by atoms with E-state index in [1.165, 1.54) is 0 Å². The second-order valence-electron chi connectivity index (χ2n) is 7.54. The number of nitrogens with one attached hydrogen (secondary N) is 4. The van der Waals surface area contributed by atoms with E-state index in [2.05, 4.69) is 26.3 Å². The van der Waals surface area contributed by atoms with Gasteiger partial charge in [-0.3, -0.25) is 10.1 Å². The van der Waals surface area contributed by atoms with Gasteiger partial charge in [-0.05, 0) is 51.8 Å². The number of ether oxygens (including phenoxy) is 2. The predicted octanol–water partition coefficient (Wildman–Crippen LogP) is 2.51. The van der Waals surface area contributed by atoms with Crippen LogP contribution in [-0.2, 0) is 20.7 Å². The molecule has 0 fully saturated rings. The van der Waals surface area contributed by atoms with E-state index in [-0.39, 0.29) is 36.4 Å². The Bertz CT molecular complexity index is 690. The molecule has 176 valence electrons. The molecular weight excluding hydrogens is 513 g/mol. The minimum Gasteiger partial charge on any atom is -0.444 e. The van der Waals surface area contributed by atoms with Crippen molar-refractivity contribution in [3.05, 3.63) is 29.8 Å². The number of hydrogen-bond acceptors (Lipinski definition) is 5. The number of rotatable bonds is 10. The predicted molar refractivity (Wildman–Crippen MR) is 134 cm³/mol. The van der Waals surface area contributed by atoms with Gasteiger partial charge < -0.3 is 25.4 Å². The van der Waals surface area contributed by atoms with Gasteiger partial charge in [-0.25, -0.2) is 9.79 Å². The largest absolute Gasteiger partial charge is 0.444 e. The number of nitrogens with zero attached hydrogens (tertiary/aromatic N) is 1. The normalized spacial score (nSPS) is 11.2. The number of aliphatic imine (C=N–C) groups is 1. The summed E-state index contributed by atoms with van der Waals surface area (Å²) >= 11 is 0. The van der Waals surface area contributed by atoms with E-state index in [1.807, 2.05) is 52.0 Å². The summed E-state index contributed by atoms with van der Waals surface area (Å²) in [6, 6.07) is 7.56. The van der Waals surface area contributed by atoms with Crippen LogP contribution in [0.15, 0.2) is 29.3 Å². The van der Waals surface area contributed by atoms with Crippen LogP contribution >= 0.6 is 24.0 Å². The van der Waals surface area contributed by atoms with E-state index in [1.54, 1.807) is 7.11 Å². The summed E-state index contributed by atoms with van der Waals surface area (Å²) in [5.74, 6) is 0.430. The van der Waals surface area contributed by atoms with Gasteiger partial charge in [0.25, 0.3) is 0 Å². The molecule has 0 saturated carbocycles. The van der Waals surface area contributed by atoms with Crippen molar-refractivity contribution in [3.63, 3.8) is 0 Å². The number of carbonyl (C=O) groups is 2. The quantitative estimate of drug-likeness (QED) is 0.155. The molecule has 9 nitrogen and oxygen atoms in total. The Morgan fingerprint density at radius 3 is 2.29 bits per heavy atom. The van der Waals surface area contributed by atoms with Crippen molar-refractivity contribution in [2.75, 3.05) is 45.2 Å². The van der Waals surface area contributed by atoms with Crippen LogP contribution in [0.3, 0.4) is 0 Å². The number of benzene rings is 1. The van der Waals surface area contributed by atoms with Gasteiger partial charge >= 0.3 is 6.09 Å². The lowest BCUT2D eigenvalue weighted by atomic mass is 10.1. The van der Waals surface area contributed by atoms with E-state index >= 15 is 0 Å². The van der Waals surface area contributed by atoms with Crippen LogP contribution in [0, 0.1) is 0 Å². The Balaban J connectivity index is 0.00000900. The lowest BCUT2D eigenvalue weighted by Gasteiger charge is -2.19. The van der Waals surface area contributed by atoms with Gasteiger partial charge in [0, 0.05) is 32.4 Å². The van der Waals surface area contributed by atoms with Gasteiger partial charge in [-0.1, -0.05) is 12.1 Å². The van der Waals surface area contributed by atoms with E-state index in [4.69, 9.17) is 9.47 Å². The summed E-state index contributed by atoms with van der Waals surface area (Å²) in [5.41, 5.74) is 1.24. The molecule has 0 saturated heterocycles. The van der Waals surface area contributed by atoms with Gasteiger partial charge in [-0.2, -0.15) is 0 Å². The summed E-state index contributed by atoms with van der Waals surface area (Å²) in [6.45, 7) is 9.76. The third kappa shape index (κ3) is 14.5. The van der Waals surface area contributed by atoms with Gasteiger partial charge in [-0.15, -0.1) is 24.0 Å². The molecule has 0 aliphatic heterocycles. The number of methoxy groups -OCH3 is 1. The maximum Gasteiger partial charge on any atom is 0.412 e. The molecular formula is C21H36IN5O4. The number of amides is 2. The molecule has 0 aliphatic rings. The maximum absolute atomic E-state index is 11.8. The molecule has 0 unspecified atom stereocenters. The number of hydrogen-bond donors (Lipinski definition) is 4. The van der Waals surface area contributed by atoms with Gasteiger partial charge in [0.2, 0.25) is 5.91 Å². The molecule has 0 aromatic heterocycles. The summed E-state index contributed by atoms with van der Waals surface area (Å²) in [4.78, 5) is 27.8. The highest BCUT2D eigenvalue weighted by molar-refractivity contribution is 14.0. The summed E-state index contributed by atoms with van der Waals surface area (Å²) in [7, 11) is 1.59. The molecule has 0 aliphatic carbocycles. The first-order chi connectivity index (χ1) is 14.2. The fourth-order valence-corrected chi connectivity index (χ4v) is 2.34. The van der Waals surface area contributed by atoms with Crippen LogP contribution in [-0.4, -0.2) is 63.5 Å². The van der Waals surface area contributed by atoms with Crippen LogP contribution in [0.5, 0.6) is 0 Å².